The Morgan fingerprint density at radius 3 is 2.69 bits per heavy atom. The highest BCUT2D eigenvalue weighted by Crippen LogP contribution is 2.37. The Kier molecular flexibility index (Phi) is 4.30. The highest BCUT2D eigenvalue weighted by Gasteiger charge is 2.32. The van der Waals surface area contributed by atoms with Gasteiger partial charge >= 0.3 is 0 Å². The predicted molar refractivity (Wildman–Crippen MR) is 63.8 cm³/mol. The summed E-state index contributed by atoms with van der Waals surface area (Å²) >= 11 is 5.79. The van der Waals surface area contributed by atoms with Crippen molar-refractivity contribution < 1.29 is 9.50 Å². The monoisotopic (exact) mass is 245 g/mol. The zero-order valence-corrected chi connectivity index (χ0v) is 10.3. The van der Waals surface area contributed by atoms with Gasteiger partial charge in [-0.15, -0.1) is 0 Å². The Balaban J connectivity index is 3.12. The van der Waals surface area contributed by atoms with Gasteiger partial charge in [0.15, 0.2) is 0 Å². The van der Waals surface area contributed by atoms with Crippen LogP contribution in [0.1, 0.15) is 31.9 Å². The van der Waals surface area contributed by atoms with E-state index in [9.17, 15) is 9.50 Å². The van der Waals surface area contributed by atoms with Crippen LogP contribution in [0.4, 0.5) is 4.39 Å². The summed E-state index contributed by atoms with van der Waals surface area (Å²) in [4.78, 5) is 0. The molecule has 0 saturated carbocycles. The van der Waals surface area contributed by atoms with E-state index in [1.165, 1.54) is 18.2 Å². The minimum atomic E-state index is -0.943. The molecule has 1 aromatic carbocycles. The van der Waals surface area contributed by atoms with Crippen LogP contribution in [0.5, 0.6) is 0 Å². The van der Waals surface area contributed by atoms with Crippen molar-refractivity contribution in [3.05, 3.63) is 34.6 Å². The molecule has 0 amide bonds. The van der Waals surface area contributed by atoms with Crippen LogP contribution in [-0.2, 0) is 0 Å². The zero-order valence-electron chi connectivity index (χ0n) is 9.50. The first-order valence-electron chi connectivity index (χ1n) is 5.27. The second-order valence-electron chi connectivity index (χ2n) is 4.28. The lowest BCUT2D eigenvalue weighted by Gasteiger charge is -2.32. The van der Waals surface area contributed by atoms with E-state index in [-0.39, 0.29) is 12.1 Å². The van der Waals surface area contributed by atoms with Crippen molar-refractivity contribution in [2.45, 2.75) is 26.4 Å². The summed E-state index contributed by atoms with van der Waals surface area (Å²) in [7, 11) is 0. The molecule has 0 radical (unpaired) electrons. The molecular weight excluding hydrogens is 229 g/mol. The van der Waals surface area contributed by atoms with Crippen LogP contribution in [0, 0.1) is 11.2 Å². The topological polar surface area (TPSA) is 46.2 Å². The van der Waals surface area contributed by atoms with Crippen molar-refractivity contribution in [2.75, 3.05) is 6.54 Å². The van der Waals surface area contributed by atoms with Gasteiger partial charge in [0.25, 0.3) is 0 Å². The zero-order chi connectivity index (χ0) is 12.3. The summed E-state index contributed by atoms with van der Waals surface area (Å²) < 4.78 is 13.6. The van der Waals surface area contributed by atoms with E-state index in [0.29, 0.717) is 11.4 Å². The summed E-state index contributed by atoms with van der Waals surface area (Å²) in [6.45, 7) is 4.03. The van der Waals surface area contributed by atoms with Gasteiger partial charge in [-0.1, -0.05) is 25.4 Å². The molecule has 0 aromatic heterocycles. The lowest BCUT2D eigenvalue weighted by Crippen LogP contribution is -2.33. The lowest BCUT2D eigenvalue weighted by atomic mass is 9.78. The number of aliphatic hydroxyl groups excluding tert-OH is 1. The lowest BCUT2D eigenvalue weighted by molar-refractivity contribution is 0.0363. The van der Waals surface area contributed by atoms with E-state index < -0.39 is 17.3 Å². The van der Waals surface area contributed by atoms with Gasteiger partial charge in [-0.3, -0.25) is 0 Å². The molecule has 0 heterocycles. The molecule has 2 nitrogen and oxygen atoms in total. The maximum atomic E-state index is 13.6. The molecule has 0 fully saturated rings. The number of rotatable bonds is 4. The average Bonchev–Trinajstić information content (AvgIpc) is 2.30. The van der Waals surface area contributed by atoms with Crippen molar-refractivity contribution in [3.8, 4) is 0 Å². The smallest absolute Gasteiger partial charge is 0.129 e. The van der Waals surface area contributed by atoms with Gasteiger partial charge in [-0.25, -0.2) is 4.39 Å². The average molecular weight is 246 g/mol. The third kappa shape index (κ3) is 2.54. The number of hydrogen-bond acceptors (Lipinski definition) is 2. The molecule has 2 unspecified atom stereocenters. The summed E-state index contributed by atoms with van der Waals surface area (Å²) in [5.74, 6) is -0.454. The maximum Gasteiger partial charge on any atom is 0.129 e. The number of nitrogens with two attached hydrogens (primary N) is 1. The van der Waals surface area contributed by atoms with Gasteiger partial charge < -0.3 is 10.8 Å². The fraction of sp³-hybridized carbons (Fsp3) is 0.500. The van der Waals surface area contributed by atoms with Crippen LogP contribution in [-0.4, -0.2) is 11.7 Å². The largest absolute Gasteiger partial charge is 0.388 e. The molecule has 1 rings (SSSR count). The fourth-order valence-electron chi connectivity index (χ4n) is 1.55. The highest BCUT2D eigenvalue weighted by molar-refractivity contribution is 6.30. The molecule has 0 aliphatic heterocycles. The SMILES string of the molecule is CCC(C)(CN)C(O)c1cc(Cl)ccc1F. The molecular formula is C12H17ClFNO. The first-order valence-corrected chi connectivity index (χ1v) is 5.65. The molecule has 0 aliphatic carbocycles. The van der Waals surface area contributed by atoms with E-state index in [4.69, 9.17) is 17.3 Å². The molecule has 0 saturated heterocycles. The maximum absolute atomic E-state index is 13.6. The van der Waals surface area contributed by atoms with Crippen LogP contribution in [0.3, 0.4) is 0 Å². The van der Waals surface area contributed by atoms with Gasteiger partial charge in [-0.2, -0.15) is 0 Å². The second kappa shape index (κ2) is 5.13. The Hall–Kier alpha value is -0.640. The van der Waals surface area contributed by atoms with Crippen LogP contribution in [0.15, 0.2) is 18.2 Å². The molecule has 0 spiro atoms. The minimum Gasteiger partial charge on any atom is -0.388 e. The van der Waals surface area contributed by atoms with Crippen LogP contribution in [0.2, 0.25) is 5.02 Å². The van der Waals surface area contributed by atoms with Crippen molar-refractivity contribution in [1.29, 1.82) is 0 Å². The summed E-state index contributed by atoms with van der Waals surface area (Å²) in [6, 6.07) is 4.16. The Morgan fingerprint density at radius 2 is 2.19 bits per heavy atom. The van der Waals surface area contributed by atoms with Gasteiger partial charge in [-0.05, 0) is 24.6 Å². The van der Waals surface area contributed by atoms with Crippen molar-refractivity contribution in [3.63, 3.8) is 0 Å². The van der Waals surface area contributed by atoms with Crippen LogP contribution < -0.4 is 5.73 Å². The van der Waals surface area contributed by atoms with E-state index >= 15 is 0 Å². The molecule has 3 N–H and O–H groups in total. The molecule has 2 atom stereocenters. The molecule has 16 heavy (non-hydrogen) atoms. The van der Waals surface area contributed by atoms with Crippen molar-refractivity contribution >= 4 is 11.6 Å². The van der Waals surface area contributed by atoms with Crippen molar-refractivity contribution in [2.24, 2.45) is 11.1 Å². The Morgan fingerprint density at radius 1 is 1.56 bits per heavy atom. The first kappa shape index (κ1) is 13.4. The number of halogens is 2. The van der Waals surface area contributed by atoms with Gasteiger partial charge in [0.05, 0.1) is 6.10 Å². The summed E-state index contributed by atoms with van der Waals surface area (Å²) in [5, 5.41) is 10.6. The molecule has 0 aliphatic rings. The van der Waals surface area contributed by atoms with Crippen molar-refractivity contribution in [1.82, 2.24) is 0 Å². The summed E-state index contributed by atoms with van der Waals surface area (Å²) in [5.41, 5.74) is 5.30. The van der Waals surface area contributed by atoms with Gasteiger partial charge in [0, 0.05) is 22.5 Å². The fourth-order valence-corrected chi connectivity index (χ4v) is 1.73. The van der Waals surface area contributed by atoms with Crippen LogP contribution >= 0.6 is 11.6 Å². The van der Waals surface area contributed by atoms with E-state index in [1.54, 1.807) is 0 Å². The molecule has 4 heteroatoms. The van der Waals surface area contributed by atoms with Crippen LogP contribution in [0.25, 0.3) is 0 Å². The minimum absolute atomic E-state index is 0.210. The molecule has 90 valence electrons. The first-order chi connectivity index (χ1) is 7.44. The second-order valence-corrected chi connectivity index (χ2v) is 4.72. The van der Waals surface area contributed by atoms with Gasteiger partial charge in [0.1, 0.15) is 5.82 Å². The van der Waals surface area contributed by atoms with E-state index in [0.717, 1.165) is 0 Å². The Labute approximate surface area is 100 Å². The highest BCUT2D eigenvalue weighted by atomic mass is 35.5. The third-order valence-electron chi connectivity index (χ3n) is 3.19. The summed E-state index contributed by atoms with van der Waals surface area (Å²) in [6.07, 6.45) is -0.280. The molecule has 1 aromatic rings. The number of hydrogen-bond donors (Lipinski definition) is 2. The predicted octanol–water partition coefficient (Wildman–Crippen LogP) is 2.89. The van der Waals surface area contributed by atoms with Gasteiger partial charge in [0.2, 0.25) is 0 Å². The van der Waals surface area contributed by atoms with E-state index in [2.05, 4.69) is 0 Å². The third-order valence-corrected chi connectivity index (χ3v) is 3.42. The Bertz CT molecular complexity index is 366. The molecule has 0 bridgehead atoms. The van der Waals surface area contributed by atoms with E-state index in [1.807, 2.05) is 13.8 Å². The standard InChI is InChI=1S/C12H17ClFNO/c1-3-12(2,7-15)11(16)9-6-8(13)4-5-10(9)14/h4-6,11,16H,3,7,15H2,1-2H3. The normalized spacial score (nSPS) is 16.9. The quantitative estimate of drug-likeness (QED) is 0.857. The number of benzene rings is 1. The number of aliphatic hydroxyl groups is 1.